The van der Waals surface area contributed by atoms with Crippen molar-refractivity contribution in [3.8, 4) is 0 Å². The van der Waals surface area contributed by atoms with Gasteiger partial charge in [0, 0.05) is 13.1 Å². The van der Waals surface area contributed by atoms with Crippen LogP contribution in [-0.2, 0) is 20.5 Å². The van der Waals surface area contributed by atoms with Crippen molar-refractivity contribution in [1.82, 2.24) is 5.32 Å². The third-order valence-electron chi connectivity index (χ3n) is 5.43. The van der Waals surface area contributed by atoms with Gasteiger partial charge in [-0.2, -0.15) is 0 Å². The zero-order chi connectivity index (χ0) is 20.5. The Bertz CT molecular complexity index is 554. The second-order valence-electron chi connectivity index (χ2n) is 8.83. The first-order chi connectivity index (χ1) is 12.6. The molecule has 0 aromatic heterocycles. The third-order valence-corrected chi connectivity index (χ3v) is 10.0. The smallest absolute Gasteiger partial charge is 0.312 e. The molecular weight excluding hydrogens is 354 g/mol. The number of esters is 1. The van der Waals surface area contributed by atoms with Crippen LogP contribution in [0.5, 0.6) is 0 Å². The molecule has 2 atom stereocenters. The molecule has 0 aliphatic rings. The lowest BCUT2D eigenvalue weighted by Crippen LogP contribution is -2.48. The van der Waals surface area contributed by atoms with Gasteiger partial charge in [0.25, 0.3) is 0 Å². The first-order valence-corrected chi connectivity index (χ1v) is 13.1. The Labute approximate surface area is 167 Å². The topological polar surface area (TPSA) is 47.6 Å². The Morgan fingerprint density at radius 1 is 1.19 bits per heavy atom. The minimum Gasteiger partial charge on any atom is -0.465 e. The highest BCUT2D eigenvalue weighted by molar-refractivity contribution is 6.74. The summed E-state index contributed by atoms with van der Waals surface area (Å²) in [6, 6.07) is 10.2. The second kappa shape index (κ2) is 11.0. The number of hydrogen-bond acceptors (Lipinski definition) is 4. The fourth-order valence-corrected chi connectivity index (χ4v) is 4.00. The van der Waals surface area contributed by atoms with E-state index in [0.717, 1.165) is 19.4 Å². The van der Waals surface area contributed by atoms with Gasteiger partial charge in [-0.3, -0.25) is 4.79 Å². The van der Waals surface area contributed by atoms with E-state index in [1.165, 1.54) is 5.56 Å². The molecule has 1 aromatic rings. The quantitative estimate of drug-likeness (QED) is 0.321. The lowest BCUT2D eigenvalue weighted by Gasteiger charge is -2.40. The Morgan fingerprint density at radius 2 is 1.81 bits per heavy atom. The number of nitrogens with one attached hydrogen (secondary N) is 1. The normalized spacial score (nSPS) is 14.6. The van der Waals surface area contributed by atoms with Gasteiger partial charge in [-0.15, -0.1) is 0 Å². The predicted molar refractivity (Wildman–Crippen MR) is 115 cm³/mol. The van der Waals surface area contributed by atoms with Gasteiger partial charge in [0.1, 0.15) is 0 Å². The Hall–Kier alpha value is -1.17. The third kappa shape index (κ3) is 8.16. The van der Waals surface area contributed by atoms with Crippen LogP contribution in [0.4, 0.5) is 0 Å². The van der Waals surface area contributed by atoms with Crippen molar-refractivity contribution in [1.29, 1.82) is 0 Å². The Balaban J connectivity index is 2.75. The Morgan fingerprint density at radius 3 is 2.37 bits per heavy atom. The fourth-order valence-electron chi connectivity index (χ4n) is 2.56. The van der Waals surface area contributed by atoms with Crippen LogP contribution in [0.15, 0.2) is 30.3 Å². The molecule has 0 aliphatic carbocycles. The highest BCUT2D eigenvalue weighted by atomic mass is 28.4. The molecule has 0 bridgehead atoms. The van der Waals surface area contributed by atoms with Crippen LogP contribution in [0.25, 0.3) is 0 Å². The van der Waals surface area contributed by atoms with Crippen LogP contribution in [0.2, 0.25) is 18.1 Å². The van der Waals surface area contributed by atoms with Crippen molar-refractivity contribution in [2.75, 3.05) is 13.2 Å². The summed E-state index contributed by atoms with van der Waals surface area (Å²) in [5.41, 5.74) is 1.20. The molecule has 0 saturated heterocycles. The molecule has 1 N–H and O–H groups in total. The van der Waals surface area contributed by atoms with Gasteiger partial charge in [-0.05, 0) is 37.0 Å². The van der Waals surface area contributed by atoms with Crippen molar-refractivity contribution >= 4 is 14.3 Å². The van der Waals surface area contributed by atoms with Gasteiger partial charge in [0.05, 0.1) is 18.6 Å². The van der Waals surface area contributed by atoms with Crippen LogP contribution >= 0.6 is 0 Å². The summed E-state index contributed by atoms with van der Waals surface area (Å²) < 4.78 is 12.0. The minimum absolute atomic E-state index is 0.107. The van der Waals surface area contributed by atoms with Crippen molar-refractivity contribution in [2.45, 2.75) is 78.2 Å². The van der Waals surface area contributed by atoms with Gasteiger partial charge in [0.2, 0.25) is 0 Å². The summed E-state index contributed by atoms with van der Waals surface area (Å²) in [6.45, 7) is 17.0. The molecule has 0 spiro atoms. The summed E-state index contributed by atoms with van der Waals surface area (Å²) in [6.07, 6.45) is 1.73. The number of unbranched alkanes of at least 4 members (excludes halogenated alkanes) is 1. The maximum atomic E-state index is 12.7. The molecule has 154 valence electrons. The van der Waals surface area contributed by atoms with E-state index >= 15 is 0 Å². The molecule has 0 radical (unpaired) electrons. The largest absolute Gasteiger partial charge is 0.465 e. The van der Waals surface area contributed by atoms with E-state index in [0.29, 0.717) is 13.2 Å². The van der Waals surface area contributed by atoms with Crippen LogP contribution < -0.4 is 5.32 Å². The fraction of sp³-hybridized carbons (Fsp3) is 0.682. The molecule has 27 heavy (non-hydrogen) atoms. The number of carbonyl (C=O) groups is 1. The first kappa shape index (κ1) is 23.9. The SMILES string of the molecule is CCCCOC(=O)[C@@H](CNCc1ccccc1)[C@@H](C)O[Si](C)(C)C(C)(C)C. The summed E-state index contributed by atoms with van der Waals surface area (Å²) in [5.74, 6) is -0.463. The summed E-state index contributed by atoms with van der Waals surface area (Å²) in [5, 5.41) is 3.52. The molecule has 0 unspecified atom stereocenters. The minimum atomic E-state index is -1.95. The summed E-state index contributed by atoms with van der Waals surface area (Å²) in [4.78, 5) is 12.7. The lowest BCUT2D eigenvalue weighted by molar-refractivity contribution is -0.151. The molecule has 0 fully saturated rings. The highest BCUT2D eigenvalue weighted by Crippen LogP contribution is 2.38. The van der Waals surface area contributed by atoms with Crippen LogP contribution in [-0.4, -0.2) is 33.5 Å². The number of rotatable bonds is 11. The molecule has 0 aliphatic heterocycles. The van der Waals surface area contributed by atoms with Crippen molar-refractivity contribution < 1.29 is 14.0 Å². The van der Waals surface area contributed by atoms with Gasteiger partial charge in [-0.25, -0.2) is 0 Å². The molecule has 0 saturated carbocycles. The molecule has 1 aromatic carbocycles. The van der Waals surface area contributed by atoms with E-state index in [2.05, 4.69) is 58.2 Å². The number of benzene rings is 1. The molecular formula is C22H39NO3Si. The van der Waals surface area contributed by atoms with E-state index in [-0.39, 0.29) is 23.0 Å². The molecule has 5 heteroatoms. The average molecular weight is 394 g/mol. The van der Waals surface area contributed by atoms with Gasteiger partial charge in [0.15, 0.2) is 8.32 Å². The monoisotopic (exact) mass is 393 g/mol. The molecule has 1 rings (SSSR count). The predicted octanol–water partition coefficient (Wildman–Crippen LogP) is 5.15. The lowest BCUT2D eigenvalue weighted by atomic mass is 10.0. The number of ether oxygens (including phenoxy) is 1. The van der Waals surface area contributed by atoms with Crippen LogP contribution in [0.3, 0.4) is 0 Å². The molecule has 0 heterocycles. The van der Waals surface area contributed by atoms with Gasteiger partial charge < -0.3 is 14.5 Å². The van der Waals surface area contributed by atoms with E-state index in [4.69, 9.17) is 9.16 Å². The van der Waals surface area contributed by atoms with E-state index in [1.54, 1.807) is 0 Å². The maximum Gasteiger partial charge on any atom is 0.312 e. The second-order valence-corrected chi connectivity index (χ2v) is 13.6. The zero-order valence-corrected chi connectivity index (χ0v) is 19.3. The first-order valence-electron chi connectivity index (χ1n) is 10.2. The molecule has 0 amide bonds. The van der Waals surface area contributed by atoms with Crippen LogP contribution in [0.1, 0.15) is 53.0 Å². The Kier molecular flexibility index (Phi) is 9.71. The van der Waals surface area contributed by atoms with Crippen molar-refractivity contribution in [3.05, 3.63) is 35.9 Å². The highest BCUT2D eigenvalue weighted by Gasteiger charge is 2.41. The van der Waals surface area contributed by atoms with E-state index in [1.807, 2.05) is 25.1 Å². The van der Waals surface area contributed by atoms with Gasteiger partial charge in [-0.1, -0.05) is 64.4 Å². The van der Waals surface area contributed by atoms with Crippen molar-refractivity contribution in [3.63, 3.8) is 0 Å². The van der Waals surface area contributed by atoms with Gasteiger partial charge >= 0.3 is 5.97 Å². The van der Waals surface area contributed by atoms with E-state index < -0.39 is 8.32 Å². The van der Waals surface area contributed by atoms with Crippen LogP contribution in [0, 0.1) is 5.92 Å². The standard InChI is InChI=1S/C22H39NO3Si/c1-8-9-15-25-21(24)20(17-23-16-19-13-11-10-12-14-19)18(2)26-27(6,7)22(3,4)5/h10-14,18,20,23H,8-9,15-17H2,1-7H3/t18-,20+/m1/s1. The van der Waals surface area contributed by atoms with E-state index in [9.17, 15) is 4.79 Å². The van der Waals surface area contributed by atoms with Crippen molar-refractivity contribution in [2.24, 2.45) is 5.92 Å². The summed E-state index contributed by atoms with van der Waals surface area (Å²) in [7, 11) is -1.95. The maximum absolute atomic E-state index is 12.7. The zero-order valence-electron chi connectivity index (χ0n) is 18.3. The molecule has 4 nitrogen and oxygen atoms in total. The average Bonchev–Trinajstić information content (AvgIpc) is 2.58. The number of carbonyl (C=O) groups excluding carboxylic acids is 1. The summed E-state index contributed by atoms with van der Waals surface area (Å²) >= 11 is 0. The number of hydrogen-bond donors (Lipinski definition) is 1.